The second-order valence-corrected chi connectivity index (χ2v) is 7.69. The fourth-order valence-corrected chi connectivity index (χ4v) is 3.02. The number of carbonyl (C=O) groups is 2. The van der Waals surface area contributed by atoms with E-state index < -0.39 is 11.7 Å². The number of nitrogens with zero attached hydrogens (tertiary/aromatic N) is 2. The van der Waals surface area contributed by atoms with E-state index in [1.807, 2.05) is 39.0 Å². The van der Waals surface area contributed by atoms with Crippen LogP contribution in [0, 0.1) is 0 Å². The Kier molecular flexibility index (Phi) is 6.64. The molecule has 6 heteroatoms. The van der Waals surface area contributed by atoms with E-state index in [0.717, 1.165) is 12.1 Å². The number of benzene rings is 1. The van der Waals surface area contributed by atoms with Crippen LogP contribution in [-0.2, 0) is 14.3 Å². The molecule has 0 fully saturated rings. The lowest BCUT2D eigenvalue weighted by Crippen LogP contribution is -2.47. The van der Waals surface area contributed by atoms with Crippen LogP contribution >= 0.6 is 0 Å². The van der Waals surface area contributed by atoms with Gasteiger partial charge in [0.15, 0.2) is 0 Å². The number of hydrogen-bond donors (Lipinski definition) is 0. The number of rotatable bonds is 5. The van der Waals surface area contributed by atoms with Gasteiger partial charge in [-0.25, -0.2) is 4.79 Å². The zero-order chi connectivity index (χ0) is 19.3. The first kappa shape index (κ1) is 20.2. The molecule has 0 aromatic heterocycles. The molecule has 2 rings (SSSR count). The molecule has 0 saturated heterocycles. The Morgan fingerprint density at radius 1 is 1.27 bits per heavy atom. The summed E-state index contributed by atoms with van der Waals surface area (Å²) in [5.74, 6) is 0.317. The Balaban J connectivity index is 2.14. The van der Waals surface area contributed by atoms with Crippen molar-refractivity contribution in [2.75, 3.05) is 38.3 Å². The number of ether oxygens (including phenoxy) is 2. The average Bonchev–Trinajstić information content (AvgIpc) is 2.57. The van der Waals surface area contributed by atoms with Crippen LogP contribution in [0.5, 0.6) is 0 Å². The molecule has 0 saturated carbocycles. The van der Waals surface area contributed by atoms with Crippen molar-refractivity contribution in [3.8, 4) is 0 Å². The van der Waals surface area contributed by atoms with E-state index in [0.29, 0.717) is 25.6 Å². The molecule has 1 atom stereocenters. The Bertz CT molecular complexity index is 639. The third kappa shape index (κ3) is 5.21. The normalized spacial score (nSPS) is 16.8. The third-order valence-electron chi connectivity index (χ3n) is 4.39. The van der Waals surface area contributed by atoms with E-state index in [4.69, 9.17) is 9.47 Å². The van der Waals surface area contributed by atoms with Crippen molar-refractivity contribution in [3.63, 3.8) is 0 Å². The highest BCUT2D eigenvalue weighted by atomic mass is 16.6. The minimum absolute atomic E-state index is 0.0268. The number of fused-ring (bicyclic) bond motifs is 1. The van der Waals surface area contributed by atoms with Gasteiger partial charge in [0.2, 0.25) is 5.91 Å². The summed E-state index contributed by atoms with van der Waals surface area (Å²) in [5.41, 5.74) is 1.50. The number of anilines is 1. The molecular weight excluding hydrogens is 332 g/mol. The molecule has 1 heterocycles. The predicted molar refractivity (Wildman–Crippen MR) is 102 cm³/mol. The minimum atomic E-state index is -0.612. The van der Waals surface area contributed by atoms with E-state index in [1.54, 1.807) is 12.0 Å². The third-order valence-corrected chi connectivity index (χ3v) is 4.39. The van der Waals surface area contributed by atoms with Gasteiger partial charge in [0, 0.05) is 25.9 Å². The van der Waals surface area contributed by atoms with Crippen LogP contribution in [0.2, 0.25) is 0 Å². The SMILES string of the molecule is COCCN(CC(=O)N1CCC(C)c2ccccc21)C(=O)OC(C)(C)C. The molecule has 1 aliphatic rings. The van der Waals surface area contributed by atoms with Crippen LogP contribution in [0.3, 0.4) is 0 Å². The van der Waals surface area contributed by atoms with Gasteiger partial charge in [0.05, 0.1) is 6.61 Å². The quantitative estimate of drug-likeness (QED) is 0.805. The molecule has 0 aliphatic carbocycles. The molecule has 0 bridgehead atoms. The van der Waals surface area contributed by atoms with Crippen LogP contribution in [0.4, 0.5) is 10.5 Å². The molecule has 144 valence electrons. The number of hydrogen-bond acceptors (Lipinski definition) is 4. The van der Waals surface area contributed by atoms with Crippen molar-refractivity contribution in [3.05, 3.63) is 29.8 Å². The summed E-state index contributed by atoms with van der Waals surface area (Å²) in [7, 11) is 1.57. The topological polar surface area (TPSA) is 59.1 Å². The fourth-order valence-electron chi connectivity index (χ4n) is 3.02. The Hall–Kier alpha value is -2.08. The van der Waals surface area contributed by atoms with Crippen molar-refractivity contribution in [2.45, 2.75) is 45.6 Å². The molecule has 0 spiro atoms. The second-order valence-electron chi connectivity index (χ2n) is 7.69. The summed E-state index contributed by atoms with van der Waals surface area (Å²) in [6.07, 6.45) is 0.411. The van der Waals surface area contributed by atoms with Crippen molar-refractivity contribution in [1.82, 2.24) is 4.90 Å². The van der Waals surface area contributed by atoms with Gasteiger partial charge in [-0.05, 0) is 44.7 Å². The molecule has 1 unspecified atom stereocenters. The van der Waals surface area contributed by atoms with Gasteiger partial charge < -0.3 is 14.4 Å². The highest BCUT2D eigenvalue weighted by Crippen LogP contribution is 2.34. The second kappa shape index (κ2) is 8.54. The lowest BCUT2D eigenvalue weighted by Gasteiger charge is -2.34. The van der Waals surface area contributed by atoms with Gasteiger partial charge in [0.1, 0.15) is 12.1 Å². The summed E-state index contributed by atoms with van der Waals surface area (Å²) < 4.78 is 10.5. The maximum absolute atomic E-state index is 12.9. The van der Waals surface area contributed by atoms with Gasteiger partial charge in [0.25, 0.3) is 0 Å². The predicted octanol–water partition coefficient (Wildman–Crippen LogP) is 3.41. The number of carbonyl (C=O) groups excluding carboxylic acids is 2. The maximum atomic E-state index is 12.9. The van der Waals surface area contributed by atoms with Crippen molar-refractivity contribution >= 4 is 17.7 Å². The molecule has 1 aromatic rings. The Morgan fingerprint density at radius 3 is 2.62 bits per heavy atom. The first-order chi connectivity index (χ1) is 12.2. The number of para-hydroxylation sites is 1. The highest BCUT2D eigenvalue weighted by molar-refractivity contribution is 5.97. The molecule has 2 amide bonds. The maximum Gasteiger partial charge on any atom is 0.410 e. The van der Waals surface area contributed by atoms with Gasteiger partial charge in [-0.1, -0.05) is 25.1 Å². The van der Waals surface area contributed by atoms with E-state index >= 15 is 0 Å². The van der Waals surface area contributed by atoms with E-state index in [9.17, 15) is 9.59 Å². The smallest absolute Gasteiger partial charge is 0.410 e. The van der Waals surface area contributed by atoms with Gasteiger partial charge in [-0.3, -0.25) is 9.69 Å². The lowest BCUT2D eigenvalue weighted by atomic mass is 9.91. The van der Waals surface area contributed by atoms with Crippen LogP contribution < -0.4 is 4.90 Å². The minimum Gasteiger partial charge on any atom is -0.444 e. The van der Waals surface area contributed by atoms with Gasteiger partial charge in [-0.15, -0.1) is 0 Å². The molecule has 1 aromatic carbocycles. The summed E-state index contributed by atoms with van der Waals surface area (Å²) in [5, 5.41) is 0. The summed E-state index contributed by atoms with van der Waals surface area (Å²) >= 11 is 0. The number of methoxy groups -OCH3 is 1. The van der Waals surface area contributed by atoms with E-state index in [-0.39, 0.29) is 12.5 Å². The monoisotopic (exact) mass is 362 g/mol. The molecular formula is C20H30N2O4. The molecule has 6 nitrogen and oxygen atoms in total. The standard InChI is InChI=1S/C20H30N2O4/c1-15-10-11-22(17-9-7-6-8-16(15)17)18(23)14-21(12-13-25-5)19(24)26-20(2,3)4/h6-9,15H,10-14H2,1-5H3. The van der Waals surface area contributed by atoms with Crippen LogP contribution in [0.25, 0.3) is 0 Å². The fraction of sp³-hybridized carbons (Fsp3) is 0.600. The van der Waals surface area contributed by atoms with Crippen LogP contribution in [0.15, 0.2) is 24.3 Å². The average molecular weight is 362 g/mol. The Labute approximate surface area is 156 Å². The molecule has 26 heavy (non-hydrogen) atoms. The molecule has 1 aliphatic heterocycles. The van der Waals surface area contributed by atoms with Crippen molar-refractivity contribution in [2.24, 2.45) is 0 Å². The zero-order valence-electron chi connectivity index (χ0n) is 16.4. The Morgan fingerprint density at radius 2 is 1.96 bits per heavy atom. The summed E-state index contributed by atoms with van der Waals surface area (Å²) in [6, 6.07) is 7.97. The van der Waals surface area contributed by atoms with E-state index in [2.05, 4.69) is 13.0 Å². The summed E-state index contributed by atoms with van der Waals surface area (Å²) in [4.78, 5) is 28.6. The first-order valence-corrected chi connectivity index (χ1v) is 9.09. The highest BCUT2D eigenvalue weighted by Gasteiger charge is 2.29. The molecule has 0 radical (unpaired) electrons. The lowest BCUT2D eigenvalue weighted by molar-refractivity contribution is -0.120. The van der Waals surface area contributed by atoms with Crippen molar-refractivity contribution < 1.29 is 19.1 Å². The van der Waals surface area contributed by atoms with Gasteiger partial charge >= 0.3 is 6.09 Å². The largest absolute Gasteiger partial charge is 0.444 e. The number of amides is 2. The first-order valence-electron chi connectivity index (χ1n) is 9.09. The van der Waals surface area contributed by atoms with Crippen LogP contribution in [0.1, 0.15) is 45.6 Å². The van der Waals surface area contributed by atoms with Crippen LogP contribution in [-0.4, -0.2) is 55.9 Å². The van der Waals surface area contributed by atoms with E-state index in [1.165, 1.54) is 10.5 Å². The molecule has 0 N–H and O–H groups in total. The van der Waals surface area contributed by atoms with Gasteiger partial charge in [-0.2, -0.15) is 0 Å². The summed E-state index contributed by atoms with van der Waals surface area (Å²) in [6.45, 7) is 8.89. The van der Waals surface area contributed by atoms with Crippen molar-refractivity contribution in [1.29, 1.82) is 0 Å². The zero-order valence-corrected chi connectivity index (χ0v) is 16.4.